The SMILES string of the molecule is Cc1ccc(Nc2ccc(NC(=O)Cc3ccccc3F)cn2)c(C)c1. The van der Waals surface area contributed by atoms with Crippen LogP contribution in [0, 0.1) is 19.7 Å². The van der Waals surface area contributed by atoms with Gasteiger partial charge in [0.1, 0.15) is 11.6 Å². The number of hydrogen-bond acceptors (Lipinski definition) is 3. The van der Waals surface area contributed by atoms with Crippen LogP contribution in [0.2, 0.25) is 0 Å². The van der Waals surface area contributed by atoms with E-state index < -0.39 is 0 Å². The molecule has 4 nitrogen and oxygen atoms in total. The lowest BCUT2D eigenvalue weighted by molar-refractivity contribution is -0.115. The van der Waals surface area contributed by atoms with E-state index in [1.807, 2.05) is 26.0 Å². The largest absolute Gasteiger partial charge is 0.340 e. The number of benzene rings is 2. The molecule has 132 valence electrons. The highest BCUT2D eigenvalue weighted by molar-refractivity contribution is 5.92. The molecule has 1 aromatic heterocycles. The molecule has 26 heavy (non-hydrogen) atoms. The number of rotatable bonds is 5. The summed E-state index contributed by atoms with van der Waals surface area (Å²) in [4.78, 5) is 16.4. The predicted octanol–water partition coefficient (Wildman–Crippen LogP) is 4.76. The number of aryl methyl sites for hydroxylation is 2. The third-order valence-electron chi connectivity index (χ3n) is 4.00. The summed E-state index contributed by atoms with van der Waals surface area (Å²) in [5.74, 6) is 0.0184. The van der Waals surface area contributed by atoms with E-state index in [1.54, 1.807) is 36.5 Å². The van der Waals surface area contributed by atoms with Gasteiger partial charge in [0.25, 0.3) is 0 Å². The molecule has 0 aliphatic heterocycles. The number of carbonyl (C=O) groups excluding carboxylic acids is 1. The van der Waals surface area contributed by atoms with Gasteiger partial charge in [0.05, 0.1) is 18.3 Å². The predicted molar refractivity (Wildman–Crippen MR) is 102 cm³/mol. The van der Waals surface area contributed by atoms with Crippen molar-refractivity contribution in [2.75, 3.05) is 10.6 Å². The second-order valence-corrected chi connectivity index (χ2v) is 6.19. The number of amides is 1. The van der Waals surface area contributed by atoms with E-state index in [0.717, 1.165) is 11.3 Å². The topological polar surface area (TPSA) is 54.0 Å². The van der Waals surface area contributed by atoms with Crippen LogP contribution < -0.4 is 10.6 Å². The van der Waals surface area contributed by atoms with Crippen LogP contribution in [-0.2, 0) is 11.2 Å². The summed E-state index contributed by atoms with van der Waals surface area (Å²) in [7, 11) is 0. The van der Waals surface area contributed by atoms with Crippen LogP contribution in [0.3, 0.4) is 0 Å². The van der Waals surface area contributed by atoms with Gasteiger partial charge in [-0.3, -0.25) is 4.79 Å². The smallest absolute Gasteiger partial charge is 0.228 e. The van der Waals surface area contributed by atoms with Gasteiger partial charge in [-0.1, -0.05) is 35.9 Å². The normalized spacial score (nSPS) is 10.4. The molecule has 0 radical (unpaired) electrons. The molecule has 3 aromatic rings. The molecule has 2 N–H and O–H groups in total. The molecule has 0 saturated carbocycles. The van der Waals surface area contributed by atoms with Crippen molar-refractivity contribution in [3.8, 4) is 0 Å². The highest BCUT2D eigenvalue weighted by Gasteiger charge is 2.08. The second-order valence-electron chi connectivity index (χ2n) is 6.19. The first-order valence-electron chi connectivity index (χ1n) is 8.35. The summed E-state index contributed by atoms with van der Waals surface area (Å²) < 4.78 is 13.6. The van der Waals surface area contributed by atoms with Crippen molar-refractivity contribution in [3.63, 3.8) is 0 Å². The fraction of sp³-hybridized carbons (Fsp3) is 0.143. The van der Waals surface area contributed by atoms with Crippen LogP contribution in [0.25, 0.3) is 0 Å². The summed E-state index contributed by atoms with van der Waals surface area (Å²) in [5, 5.41) is 5.99. The van der Waals surface area contributed by atoms with E-state index in [0.29, 0.717) is 17.1 Å². The van der Waals surface area contributed by atoms with Gasteiger partial charge >= 0.3 is 0 Å². The van der Waals surface area contributed by atoms with E-state index in [9.17, 15) is 9.18 Å². The third-order valence-corrected chi connectivity index (χ3v) is 4.00. The minimum atomic E-state index is -0.381. The van der Waals surface area contributed by atoms with Crippen molar-refractivity contribution in [2.45, 2.75) is 20.3 Å². The maximum absolute atomic E-state index is 13.6. The highest BCUT2D eigenvalue weighted by atomic mass is 19.1. The molecule has 0 aliphatic carbocycles. The van der Waals surface area contributed by atoms with Crippen molar-refractivity contribution in [2.24, 2.45) is 0 Å². The van der Waals surface area contributed by atoms with Gasteiger partial charge in [0.2, 0.25) is 5.91 Å². The lowest BCUT2D eigenvalue weighted by Gasteiger charge is -2.10. The van der Waals surface area contributed by atoms with Gasteiger partial charge in [0, 0.05) is 5.69 Å². The number of pyridine rings is 1. The Morgan fingerprint density at radius 1 is 1.08 bits per heavy atom. The number of nitrogens with zero attached hydrogens (tertiary/aromatic N) is 1. The van der Waals surface area contributed by atoms with Gasteiger partial charge in [-0.15, -0.1) is 0 Å². The zero-order valence-corrected chi connectivity index (χ0v) is 14.7. The number of carbonyl (C=O) groups is 1. The van der Waals surface area contributed by atoms with Crippen molar-refractivity contribution in [1.82, 2.24) is 4.98 Å². The zero-order chi connectivity index (χ0) is 18.5. The number of anilines is 3. The number of nitrogens with one attached hydrogen (secondary N) is 2. The van der Waals surface area contributed by atoms with Gasteiger partial charge in [-0.25, -0.2) is 9.37 Å². The number of aromatic nitrogens is 1. The molecular weight excluding hydrogens is 329 g/mol. The van der Waals surface area contributed by atoms with Crippen LogP contribution in [0.15, 0.2) is 60.8 Å². The molecule has 2 aromatic carbocycles. The molecule has 0 fully saturated rings. The quantitative estimate of drug-likeness (QED) is 0.698. The first-order valence-corrected chi connectivity index (χ1v) is 8.35. The van der Waals surface area contributed by atoms with E-state index in [2.05, 4.69) is 21.7 Å². The van der Waals surface area contributed by atoms with Crippen LogP contribution >= 0.6 is 0 Å². The Morgan fingerprint density at radius 3 is 2.58 bits per heavy atom. The lowest BCUT2D eigenvalue weighted by atomic mass is 10.1. The van der Waals surface area contributed by atoms with E-state index >= 15 is 0 Å². The Morgan fingerprint density at radius 2 is 1.88 bits per heavy atom. The summed E-state index contributed by atoms with van der Waals surface area (Å²) in [6, 6.07) is 15.9. The molecule has 1 amide bonds. The summed E-state index contributed by atoms with van der Waals surface area (Å²) in [6.45, 7) is 4.08. The van der Waals surface area contributed by atoms with Crippen LogP contribution in [0.1, 0.15) is 16.7 Å². The number of hydrogen-bond donors (Lipinski definition) is 2. The Bertz CT molecular complexity index is 923. The Hall–Kier alpha value is -3.21. The fourth-order valence-corrected chi connectivity index (χ4v) is 2.65. The zero-order valence-electron chi connectivity index (χ0n) is 14.7. The fourth-order valence-electron chi connectivity index (χ4n) is 2.65. The maximum atomic E-state index is 13.6. The van der Waals surface area contributed by atoms with Crippen molar-refractivity contribution < 1.29 is 9.18 Å². The molecular formula is C21H20FN3O. The minimum absolute atomic E-state index is 0.0186. The molecule has 5 heteroatoms. The summed E-state index contributed by atoms with van der Waals surface area (Å²) >= 11 is 0. The molecule has 3 rings (SSSR count). The molecule has 0 aliphatic rings. The van der Waals surface area contributed by atoms with Crippen molar-refractivity contribution in [1.29, 1.82) is 0 Å². The molecule has 1 heterocycles. The first-order chi connectivity index (χ1) is 12.5. The monoisotopic (exact) mass is 349 g/mol. The highest BCUT2D eigenvalue weighted by Crippen LogP contribution is 2.21. The molecule has 0 atom stereocenters. The molecule has 0 bridgehead atoms. The second kappa shape index (κ2) is 7.78. The van der Waals surface area contributed by atoms with Crippen molar-refractivity contribution in [3.05, 3.63) is 83.3 Å². The molecule has 0 spiro atoms. The minimum Gasteiger partial charge on any atom is -0.340 e. The first kappa shape index (κ1) is 17.6. The van der Waals surface area contributed by atoms with E-state index in [1.165, 1.54) is 11.6 Å². The van der Waals surface area contributed by atoms with E-state index in [4.69, 9.17) is 0 Å². The molecule has 0 saturated heterocycles. The van der Waals surface area contributed by atoms with Gasteiger partial charge in [-0.05, 0) is 49.2 Å². The maximum Gasteiger partial charge on any atom is 0.228 e. The van der Waals surface area contributed by atoms with Crippen LogP contribution in [-0.4, -0.2) is 10.9 Å². The average Bonchev–Trinajstić information content (AvgIpc) is 2.61. The van der Waals surface area contributed by atoms with Gasteiger partial charge < -0.3 is 10.6 Å². The Labute approximate surface area is 152 Å². The van der Waals surface area contributed by atoms with Crippen LogP contribution in [0.5, 0.6) is 0 Å². The Kier molecular flexibility index (Phi) is 5.27. The number of halogens is 1. The van der Waals surface area contributed by atoms with Gasteiger partial charge in [-0.2, -0.15) is 0 Å². The lowest BCUT2D eigenvalue weighted by Crippen LogP contribution is -2.15. The third kappa shape index (κ3) is 4.45. The van der Waals surface area contributed by atoms with Crippen LogP contribution in [0.4, 0.5) is 21.6 Å². The van der Waals surface area contributed by atoms with Crippen molar-refractivity contribution >= 4 is 23.1 Å². The van der Waals surface area contributed by atoms with Gasteiger partial charge in [0.15, 0.2) is 0 Å². The summed E-state index contributed by atoms with van der Waals surface area (Å²) in [5.41, 5.74) is 4.26. The summed E-state index contributed by atoms with van der Waals surface area (Å²) in [6.07, 6.45) is 1.56. The standard InChI is InChI=1S/C21H20FN3O/c1-14-7-9-19(15(2)11-14)25-20-10-8-17(13-23-20)24-21(26)12-16-5-3-4-6-18(16)22/h3-11,13H,12H2,1-2H3,(H,23,25)(H,24,26). The average molecular weight is 349 g/mol. The molecule has 0 unspecified atom stereocenters. The van der Waals surface area contributed by atoms with E-state index in [-0.39, 0.29) is 18.1 Å². The Balaban J connectivity index is 1.62.